The number of rotatable bonds is 1. The van der Waals surface area contributed by atoms with E-state index >= 15 is 0 Å². The summed E-state index contributed by atoms with van der Waals surface area (Å²) >= 11 is 0. The molecule has 4 unspecified atom stereocenters. The second kappa shape index (κ2) is 4.21. The smallest absolute Gasteiger partial charge is 0.0698 e. The summed E-state index contributed by atoms with van der Waals surface area (Å²) in [5, 5.41) is 4.60. The molecule has 16 heavy (non-hydrogen) atoms. The monoisotopic (exact) mass is 221 g/mol. The van der Waals surface area contributed by atoms with Crippen LogP contribution in [0.15, 0.2) is 6.07 Å². The minimum Gasteiger partial charge on any atom is -0.326 e. The average molecular weight is 221 g/mol. The van der Waals surface area contributed by atoms with Gasteiger partial charge in [-0.1, -0.05) is 13.8 Å². The summed E-state index contributed by atoms with van der Waals surface area (Å²) in [4.78, 5) is 0. The van der Waals surface area contributed by atoms with Crippen LogP contribution in [0.5, 0.6) is 0 Å². The van der Waals surface area contributed by atoms with Crippen LogP contribution in [0.25, 0.3) is 0 Å². The fourth-order valence-electron chi connectivity index (χ4n) is 3.27. The van der Waals surface area contributed by atoms with Crippen molar-refractivity contribution >= 4 is 0 Å². The van der Waals surface area contributed by atoms with Crippen molar-refractivity contribution in [3.63, 3.8) is 0 Å². The lowest BCUT2D eigenvalue weighted by Gasteiger charge is -2.38. The molecule has 4 atom stereocenters. The van der Waals surface area contributed by atoms with E-state index in [1.165, 1.54) is 12.1 Å². The highest BCUT2D eigenvalue weighted by molar-refractivity contribution is 5.09. The van der Waals surface area contributed by atoms with Gasteiger partial charge in [0.25, 0.3) is 0 Å². The van der Waals surface area contributed by atoms with Crippen molar-refractivity contribution in [2.45, 2.75) is 52.6 Å². The predicted octanol–water partition coefficient (Wildman–Crippen LogP) is 2.43. The van der Waals surface area contributed by atoms with Gasteiger partial charge in [-0.25, -0.2) is 0 Å². The zero-order chi connectivity index (χ0) is 11.9. The molecule has 0 spiro atoms. The lowest BCUT2D eigenvalue weighted by atomic mass is 9.77. The van der Waals surface area contributed by atoms with E-state index < -0.39 is 0 Å². The molecule has 90 valence electrons. The Kier molecular flexibility index (Phi) is 3.06. The second-order valence-corrected chi connectivity index (χ2v) is 5.58. The number of aromatic nitrogens is 2. The molecule has 1 aromatic heterocycles. The zero-order valence-electron chi connectivity index (χ0n) is 10.8. The van der Waals surface area contributed by atoms with Gasteiger partial charge in [-0.15, -0.1) is 0 Å². The topological polar surface area (TPSA) is 43.8 Å². The summed E-state index contributed by atoms with van der Waals surface area (Å²) in [6, 6.07) is 2.76. The van der Waals surface area contributed by atoms with Crippen molar-refractivity contribution in [1.82, 2.24) is 9.78 Å². The Morgan fingerprint density at radius 2 is 2.00 bits per heavy atom. The second-order valence-electron chi connectivity index (χ2n) is 5.58. The lowest BCUT2D eigenvalue weighted by molar-refractivity contribution is 0.164. The third kappa shape index (κ3) is 2.01. The maximum Gasteiger partial charge on any atom is 0.0698 e. The van der Waals surface area contributed by atoms with Crippen LogP contribution in [0.2, 0.25) is 0 Å². The van der Waals surface area contributed by atoms with Crippen LogP contribution in [-0.2, 0) is 0 Å². The Balaban J connectivity index is 2.29. The van der Waals surface area contributed by atoms with Crippen LogP contribution in [0.1, 0.15) is 44.1 Å². The highest BCUT2D eigenvalue weighted by atomic mass is 15.3. The van der Waals surface area contributed by atoms with E-state index in [4.69, 9.17) is 5.73 Å². The summed E-state index contributed by atoms with van der Waals surface area (Å²) in [7, 11) is 0. The number of aryl methyl sites for hydroxylation is 2. The molecule has 1 aliphatic carbocycles. The van der Waals surface area contributed by atoms with Gasteiger partial charge >= 0.3 is 0 Å². The lowest BCUT2D eigenvalue weighted by Crippen LogP contribution is -2.42. The molecule has 3 heteroatoms. The van der Waals surface area contributed by atoms with Crippen LogP contribution in [0.4, 0.5) is 0 Å². The summed E-state index contributed by atoms with van der Waals surface area (Å²) in [6.07, 6.45) is 2.38. The van der Waals surface area contributed by atoms with Crippen LogP contribution < -0.4 is 5.73 Å². The van der Waals surface area contributed by atoms with Crippen LogP contribution in [0.3, 0.4) is 0 Å². The van der Waals surface area contributed by atoms with Crippen molar-refractivity contribution in [1.29, 1.82) is 0 Å². The Morgan fingerprint density at radius 3 is 2.50 bits per heavy atom. The van der Waals surface area contributed by atoms with Crippen molar-refractivity contribution in [2.24, 2.45) is 17.6 Å². The van der Waals surface area contributed by atoms with Crippen LogP contribution in [-0.4, -0.2) is 15.8 Å². The van der Waals surface area contributed by atoms with Crippen molar-refractivity contribution in [3.8, 4) is 0 Å². The number of hydrogen-bond acceptors (Lipinski definition) is 2. The molecule has 0 amide bonds. The van der Waals surface area contributed by atoms with E-state index in [0.717, 1.165) is 18.0 Å². The molecule has 1 saturated carbocycles. The number of nitrogens with two attached hydrogens (primary N) is 1. The first-order chi connectivity index (χ1) is 7.49. The molecule has 0 radical (unpaired) electrons. The zero-order valence-corrected chi connectivity index (χ0v) is 10.8. The molecule has 0 aromatic carbocycles. The van der Waals surface area contributed by atoms with E-state index in [1.807, 2.05) is 6.92 Å². The van der Waals surface area contributed by atoms with Crippen LogP contribution >= 0.6 is 0 Å². The van der Waals surface area contributed by atoms with Crippen LogP contribution in [0, 0.1) is 25.7 Å². The molecule has 2 N–H and O–H groups in total. The van der Waals surface area contributed by atoms with Gasteiger partial charge in [-0.3, -0.25) is 4.68 Å². The highest BCUT2D eigenvalue weighted by Crippen LogP contribution is 2.36. The van der Waals surface area contributed by atoms with Crippen molar-refractivity contribution in [2.75, 3.05) is 0 Å². The molecule has 0 aliphatic heterocycles. The summed E-state index contributed by atoms with van der Waals surface area (Å²) in [5.41, 5.74) is 8.64. The first kappa shape index (κ1) is 11.6. The first-order valence-corrected chi connectivity index (χ1v) is 6.27. The molecule has 1 heterocycles. The standard InChI is InChI=1S/C13H23N3/c1-8-5-9(2)13(12(14)6-8)16-11(4)7-10(3)15-16/h7-9,12-13H,5-6,14H2,1-4H3. The summed E-state index contributed by atoms with van der Waals surface area (Å²) in [5.74, 6) is 1.37. The van der Waals surface area contributed by atoms with E-state index in [2.05, 4.69) is 36.6 Å². The quantitative estimate of drug-likeness (QED) is 0.791. The van der Waals surface area contributed by atoms with E-state index in [-0.39, 0.29) is 6.04 Å². The molecule has 2 rings (SSSR count). The van der Waals surface area contributed by atoms with Gasteiger partial charge in [0.2, 0.25) is 0 Å². The number of hydrogen-bond donors (Lipinski definition) is 1. The van der Waals surface area contributed by atoms with Crippen molar-refractivity contribution in [3.05, 3.63) is 17.5 Å². The van der Waals surface area contributed by atoms with Gasteiger partial charge in [0.1, 0.15) is 0 Å². The molecule has 0 bridgehead atoms. The molecule has 1 aliphatic rings. The third-order valence-electron chi connectivity index (χ3n) is 3.80. The molecule has 0 saturated heterocycles. The molecular formula is C13H23N3. The molecule has 3 nitrogen and oxygen atoms in total. The summed E-state index contributed by atoms with van der Waals surface area (Å²) in [6.45, 7) is 8.77. The Labute approximate surface area is 98.0 Å². The van der Waals surface area contributed by atoms with Gasteiger partial charge in [0.05, 0.1) is 11.7 Å². The van der Waals surface area contributed by atoms with E-state index in [0.29, 0.717) is 12.0 Å². The fraction of sp³-hybridized carbons (Fsp3) is 0.769. The van der Waals surface area contributed by atoms with Crippen molar-refractivity contribution < 1.29 is 0 Å². The largest absolute Gasteiger partial charge is 0.326 e. The fourth-order valence-corrected chi connectivity index (χ4v) is 3.27. The van der Waals surface area contributed by atoms with Gasteiger partial charge < -0.3 is 5.73 Å². The highest BCUT2D eigenvalue weighted by Gasteiger charge is 2.34. The predicted molar refractivity (Wildman–Crippen MR) is 66.3 cm³/mol. The maximum atomic E-state index is 6.31. The van der Waals surface area contributed by atoms with Gasteiger partial charge in [0.15, 0.2) is 0 Å². The Hall–Kier alpha value is -0.830. The molecule has 1 fully saturated rings. The van der Waals surface area contributed by atoms with E-state index in [9.17, 15) is 0 Å². The third-order valence-corrected chi connectivity index (χ3v) is 3.80. The minimum absolute atomic E-state index is 0.247. The number of nitrogens with zero attached hydrogens (tertiary/aromatic N) is 2. The maximum absolute atomic E-state index is 6.31. The average Bonchev–Trinajstić information content (AvgIpc) is 2.43. The Bertz CT molecular complexity index is 357. The van der Waals surface area contributed by atoms with Gasteiger partial charge in [-0.05, 0) is 44.6 Å². The molecule has 1 aromatic rings. The van der Waals surface area contributed by atoms with Gasteiger partial charge in [-0.2, -0.15) is 5.10 Å². The van der Waals surface area contributed by atoms with E-state index in [1.54, 1.807) is 0 Å². The SMILES string of the molecule is Cc1cc(C)n(C2C(C)CC(C)CC2N)n1. The Morgan fingerprint density at radius 1 is 1.31 bits per heavy atom. The first-order valence-electron chi connectivity index (χ1n) is 6.27. The summed E-state index contributed by atoms with van der Waals surface area (Å²) < 4.78 is 2.15. The van der Waals surface area contributed by atoms with Gasteiger partial charge in [0, 0.05) is 11.7 Å². The normalized spacial score (nSPS) is 35.3. The minimum atomic E-state index is 0.247. The molecular weight excluding hydrogens is 198 g/mol.